The molecule has 0 aromatic heterocycles. The maximum Gasteiger partial charge on any atom is 0.315 e. The third kappa shape index (κ3) is 5.12. The summed E-state index contributed by atoms with van der Waals surface area (Å²) in [7, 11) is 0. The van der Waals surface area contributed by atoms with Gasteiger partial charge in [-0.25, -0.2) is 0 Å². The Morgan fingerprint density at radius 1 is 0.806 bits per heavy atom. The monoisotopic (exact) mass is 456 g/mol. The van der Waals surface area contributed by atoms with Crippen molar-refractivity contribution in [3.63, 3.8) is 0 Å². The Morgan fingerprint density at radius 3 is 1.39 bits per heavy atom. The normalized spacial score (nSPS) is 38.0. The van der Waals surface area contributed by atoms with Gasteiger partial charge in [0, 0.05) is 13.8 Å². The highest BCUT2D eigenvalue weighted by Crippen LogP contribution is 2.47. The van der Waals surface area contributed by atoms with Crippen LogP contribution in [0.4, 0.5) is 8.78 Å². The molecule has 8 atom stereocenters. The third-order valence-electron chi connectivity index (χ3n) is 4.96. The fourth-order valence-corrected chi connectivity index (χ4v) is 3.45. The van der Waals surface area contributed by atoms with Crippen LogP contribution in [-0.4, -0.2) is 110 Å². The number of aliphatic hydroxyl groups is 6. The van der Waals surface area contributed by atoms with E-state index in [-0.39, 0.29) is 0 Å². The lowest BCUT2D eigenvalue weighted by atomic mass is 9.82. The van der Waals surface area contributed by atoms with E-state index < -0.39 is 91.9 Å². The average molecular weight is 456 g/mol. The van der Waals surface area contributed by atoms with Crippen LogP contribution < -0.4 is 10.6 Å². The van der Waals surface area contributed by atoms with Crippen molar-refractivity contribution in [3.05, 3.63) is 12.2 Å². The zero-order valence-electron chi connectivity index (χ0n) is 16.6. The van der Waals surface area contributed by atoms with Gasteiger partial charge in [0.15, 0.2) is 12.2 Å². The molecule has 2 saturated heterocycles. The predicted molar refractivity (Wildman–Crippen MR) is 94.6 cm³/mol. The van der Waals surface area contributed by atoms with Gasteiger partial charge in [0.05, 0.1) is 25.3 Å². The lowest BCUT2D eigenvalue weighted by molar-refractivity contribution is -0.239. The largest absolute Gasteiger partial charge is 0.394 e. The molecule has 0 aliphatic carbocycles. The number of ether oxygens (including phenoxy) is 2. The summed E-state index contributed by atoms with van der Waals surface area (Å²) in [6, 6.07) is -3.95. The number of carbonyl (C=O) groups is 2. The number of hydrogen-bond donors (Lipinski definition) is 8. The van der Waals surface area contributed by atoms with Gasteiger partial charge >= 0.3 is 5.92 Å². The van der Waals surface area contributed by atoms with Gasteiger partial charge in [0.25, 0.3) is 0 Å². The lowest BCUT2D eigenvalue weighted by Crippen LogP contribution is -2.69. The van der Waals surface area contributed by atoms with E-state index in [1.54, 1.807) is 0 Å². The number of hydrogen-bond acceptors (Lipinski definition) is 10. The summed E-state index contributed by atoms with van der Waals surface area (Å²) in [6.45, 7) is -0.0362. The molecule has 2 aliphatic heterocycles. The number of alkyl halides is 2. The fourth-order valence-electron chi connectivity index (χ4n) is 3.45. The van der Waals surface area contributed by atoms with Crippen LogP contribution in [0, 0.1) is 12.2 Å². The Kier molecular flexibility index (Phi) is 8.27. The van der Waals surface area contributed by atoms with Gasteiger partial charge in [-0.3, -0.25) is 9.59 Å². The lowest BCUT2D eigenvalue weighted by Gasteiger charge is -2.49. The molecule has 0 aromatic rings. The van der Waals surface area contributed by atoms with E-state index >= 15 is 8.78 Å². The van der Waals surface area contributed by atoms with E-state index in [9.17, 15) is 40.2 Å². The van der Waals surface area contributed by atoms with Gasteiger partial charge in [-0.05, 0) is 0 Å². The van der Waals surface area contributed by atoms with Crippen molar-refractivity contribution in [3.8, 4) is 0 Å². The smallest absolute Gasteiger partial charge is 0.315 e. The highest BCUT2D eigenvalue weighted by Gasteiger charge is 2.65. The zero-order chi connectivity index (χ0) is 23.7. The van der Waals surface area contributed by atoms with E-state index in [4.69, 9.17) is 9.47 Å². The van der Waals surface area contributed by atoms with Crippen molar-refractivity contribution in [1.29, 1.82) is 0 Å². The van der Waals surface area contributed by atoms with E-state index in [0.29, 0.717) is 0 Å². The molecule has 2 fully saturated rings. The van der Waals surface area contributed by atoms with Crippen molar-refractivity contribution in [2.45, 2.75) is 68.5 Å². The zero-order valence-corrected chi connectivity index (χ0v) is 16.6. The van der Waals surface area contributed by atoms with Crippen molar-refractivity contribution in [2.24, 2.45) is 0 Å². The minimum absolute atomic E-state index is 0.868. The number of carbonyl (C=O) groups excluding carboxylic acids is 2. The van der Waals surface area contributed by atoms with Crippen LogP contribution in [0.1, 0.15) is 13.8 Å². The first kappa shape index (κ1) is 25.7. The summed E-state index contributed by atoms with van der Waals surface area (Å²) in [6.07, 6.45) is -13.8. The van der Waals surface area contributed by atoms with Crippen LogP contribution in [0.15, 0.2) is 0 Å². The molecule has 0 unspecified atom stereocenters. The van der Waals surface area contributed by atoms with Crippen LogP contribution in [0.5, 0.6) is 0 Å². The molecular formula is C17H26F2N2O10. The molecule has 0 aromatic carbocycles. The minimum Gasteiger partial charge on any atom is -0.394 e. The number of aliphatic hydroxyl groups excluding tert-OH is 6. The molecular weight excluding hydrogens is 430 g/mol. The number of amides is 2. The molecule has 31 heavy (non-hydrogen) atoms. The van der Waals surface area contributed by atoms with Gasteiger partial charge in [-0.2, -0.15) is 8.78 Å². The van der Waals surface area contributed by atoms with Crippen molar-refractivity contribution >= 4 is 11.8 Å². The first-order chi connectivity index (χ1) is 14.4. The average Bonchev–Trinajstić information content (AvgIpc) is 2.68. The van der Waals surface area contributed by atoms with Crippen LogP contribution in [0.3, 0.4) is 0 Å². The molecule has 178 valence electrons. The Balaban J connectivity index is 2.48. The minimum atomic E-state index is -4.36. The van der Waals surface area contributed by atoms with Gasteiger partial charge in [0.1, 0.15) is 36.6 Å². The molecule has 14 heteroatoms. The van der Waals surface area contributed by atoms with Gasteiger partial charge in [0.2, 0.25) is 11.8 Å². The second-order valence-corrected chi connectivity index (χ2v) is 7.30. The molecule has 8 N–H and O–H groups in total. The molecule has 2 rings (SSSR count). The molecule has 2 aliphatic rings. The molecule has 2 amide bonds. The highest BCUT2D eigenvalue weighted by molar-refractivity contribution is 5.74. The first-order valence-electron chi connectivity index (χ1n) is 9.30. The summed E-state index contributed by atoms with van der Waals surface area (Å²) >= 11 is 0. The SMILES string of the molecule is CC(=O)N[C@H]1[C](C(F)(F)[C]2O[C@H](CO)[C@H](O)[C@H](O)[C@H]2NC(C)=O)O[C@H](CO)[C@H](O)[C@@H]1O. The summed E-state index contributed by atoms with van der Waals surface area (Å²) in [5, 5.41) is 63.2. The molecule has 2 radical (unpaired) electrons. The Morgan fingerprint density at radius 2 is 1.13 bits per heavy atom. The van der Waals surface area contributed by atoms with Crippen LogP contribution in [0.25, 0.3) is 0 Å². The second kappa shape index (κ2) is 9.95. The van der Waals surface area contributed by atoms with E-state index in [1.165, 1.54) is 0 Å². The topological polar surface area (TPSA) is 198 Å². The molecule has 2 heterocycles. The Bertz CT molecular complexity index is 604. The summed E-state index contributed by atoms with van der Waals surface area (Å²) in [5.74, 6) is -6.09. The van der Waals surface area contributed by atoms with Crippen molar-refractivity contribution in [2.75, 3.05) is 13.2 Å². The quantitative estimate of drug-likeness (QED) is 0.194. The highest BCUT2D eigenvalue weighted by atomic mass is 19.3. The summed E-state index contributed by atoms with van der Waals surface area (Å²) < 4.78 is 41.3. The van der Waals surface area contributed by atoms with E-state index in [2.05, 4.69) is 0 Å². The Labute approximate surface area is 175 Å². The van der Waals surface area contributed by atoms with Crippen LogP contribution >= 0.6 is 0 Å². The van der Waals surface area contributed by atoms with Crippen molar-refractivity contribution < 1.29 is 58.5 Å². The maximum atomic E-state index is 15.6. The first-order valence-corrected chi connectivity index (χ1v) is 9.30. The number of halogens is 2. The molecule has 12 nitrogen and oxygen atoms in total. The maximum absolute atomic E-state index is 15.6. The van der Waals surface area contributed by atoms with Gasteiger partial charge in [-0.15, -0.1) is 0 Å². The summed E-state index contributed by atoms with van der Waals surface area (Å²) in [4.78, 5) is 23.0. The Hall–Kier alpha value is -1.52. The molecule has 0 spiro atoms. The number of nitrogens with one attached hydrogen (secondary N) is 2. The standard InChI is InChI=1S/C17H26F2N2O10/c1-5(24)20-9-13(28)11(26)7(3-22)30-15(9)17(18,19)16-10(21-6(2)25)14(29)12(27)8(4-23)31-16/h7-14,22-23,26-29H,3-4H2,1-2H3,(H,20,24)(H,21,25)/t7-,8-,9-,10-,11+,12+,13-,14-/m1/s1. The summed E-state index contributed by atoms with van der Waals surface area (Å²) in [5.41, 5.74) is 0. The number of rotatable bonds is 6. The van der Waals surface area contributed by atoms with Crippen molar-refractivity contribution in [1.82, 2.24) is 10.6 Å². The molecule has 0 saturated carbocycles. The van der Waals surface area contributed by atoms with Crippen LogP contribution in [0.2, 0.25) is 0 Å². The molecule has 0 bridgehead atoms. The predicted octanol–water partition coefficient (Wildman–Crippen LogP) is -4.08. The van der Waals surface area contributed by atoms with Crippen LogP contribution in [-0.2, 0) is 19.1 Å². The van der Waals surface area contributed by atoms with Gasteiger partial charge < -0.3 is 50.7 Å². The van der Waals surface area contributed by atoms with E-state index in [0.717, 1.165) is 13.8 Å². The fraction of sp³-hybridized carbons (Fsp3) is 0.765. The van der Waals surface area contributed by atoms with Gasteiger partial charge in [-0.1, -0.05) is 0 Å². The van der Waals surface area contributed by atoms with E-state index in [1.807, 2.05) is 10.6 Å². The third-order valence-corrected chi connectivity index (χ3v) is 4.96. The second-order valence-electron chi connectivity index (χ2n) is 7.30.